The average Bonchev–Trinajstić information content (AvgIpc) is 2.75. The molecule has 0 spiro atoms. The number of ether oxygens (including phenoxy) is 1. The van der Waals surface area contributed by atoms with E-state index in [1.165, 1.54) is 7.11 Å². The highest BCUT2D eigenvalue weighted by atomic mass is 16.5. The Labute approximate surface area is 89.5 Å². The molecule has 0 saturated heterocycles. The Morgan fingerprint density at radius 3 is 2.53 bits per heavy atom. The van der Waals surface area contributed by atoms with Gasteiger partial charge in [0.25, 0.3) is 0 Å². The van der Waals surface area contributed by atoms with Crippen LogP contribution in [0.15, 0.2) is 11.6 Å². The predicted octanol–water partition coefficient (Wildman–Crippen LogP) is 1.19. The summed E-state index contributed by atoms with van der Waals surface area (Å²) in [4.78, 5) is 21.9. The molecule has 15 heavy (non-hydrogen) atoms. The fraction of sp³-hybridized carbons (Fsp3) is 0.500. The van der Waals surface area contributed by atoms with E-state index in [2.05, 4.69) is 10.7 Å². The Morgan fingerprint density at radius 1 is 1.53 bits per heavy atom. The van der Waals surface area contributed by atoms with Crippen molar-refractivity contribution >= 4 is 12.3 Å². The number of hydrogen-bond donors (Lipinski definition) is 0. The summed E-state index contributed by atoms with van der Waals surface area (Å²) in [6.45, 7) is 3.91. The quantitative estimate of drug-likeness (QED) is 0.301. The van der Waals surface area contributed by atoms with Gasteiger partial charge in [-0.25, -0.2) is 0 Å². The number of methoxy groups -OCH3 is 1. The number of carbonyl (C=O) groups excluding carboxylic acids is 2. The number of aldehydes is 1. The summed E-state index contributed by atoms with van der Waals surface area (Å²) in [6, 6.07) is 0. The lowest BCUT2D eigenvalue weighted by Crippen LogP contribution is -2.07. The third-order valence-corrected chi connectivity index (χ3v) is 3.02. The lowest BCUT2D eigenvalue weighted by atomic mass is 10.1. The third kappa shape index (κ3) is 1.94. The number of esters is 1. The molecule has 0 aromatic heterocycles. The number of terminal acetylenes is 1. The smallest absolute Gasteiger partial charge is 0.309 e. The molecule has 80 valence electrons. The van der Waals surface area contributed by atoms with Gasteiger partial charge in [0.05, 0.1) is 18.6 Å². The van der Waals surface area contributed by atoms with Crippen LogP contribution in [-0.4, -0.2) is 19.4 Å². The molecule has 1 aliphatic rings. The van der Waals surface area contributed by atoms with Crippen molar-refractivity contribution in [3.8, 4) is 12.3 Å². The second kappa shape index (κ2) is 3.90. The van der Waals surface area contributed by atoms with Gasteiger partial charge in [-0.1, -0.05) is 25.8 Å². The van der Waals surface area contributed by atoms with Gasteiger partial charge in [0.1, 0.15) is 0 Å². The van der Waals surface area contributed by atoms with Crippen LogP contribution in [0.25, 0.3) is 0 Å². The fourth-order valence-corrected chi connectivity index (χ4v) is 1.88. The summed E-state index contributed by atoms with van der Waals surface area (Å²) in [7, 11) is 1.36. The highest BCUT2D eigenvalue weighted by molar-refractivity contribution is 5.82. The van der Waals surface area contributed by atoms with Gasteiger partial charge >= 0.3 is 5.97 Å². The largest absolute Gasteiger partial charge is 0.469 e. The van der Waals surface area contributed by atoms with Gasteiger partial charge in [0.2, 0.25) is 0 Å². The molecule has 0 aromatic rings. The molecule has 3 nitrogen and oxygen atoms in total. The number of hydrogen-bond acceptors (Lipinski definition) is 3. The van der Waals surface area contributed by atoms with Crippen molar-refractivity contribution < 1.29 is 14.3 Å². The van der Waals surface area contributed by atoms with Gasteiger partial charge in [-0.2, -0.15) is 0 Å². The van der Waals surface area contributed by atoms with Crippen LogP contribution in [0.5, 0.6) is 0 Å². The molecule has 3 heteroatoms. The van der Waals surface area contributed by atoms with Gasteiger partial charge in [-0.05, 0) is 11.3 Å². The average molecular weight is 206 g/mol. The van der Waals surface area contributed by atoms with E-state index in [1.807, 2.05) is 13.8 Å². The summed E-state index contributed by atoms with van der Waals surface area (Å²) < 4.78 is 4.68. The Bertz CT molecular complexity index is 358. The second-order valence-electron chi connectivity index (χ2n) is 4.23. The van der Waals surface area contributed by atoms with Crippen molar-refractivity contribution in [2.75, 3.05) is 7.11 Å². The van der Waals surface area contributed by atoms with E-state index in [9.17, 15) is 9.59 Å². The summed E-state index contributed by atoms with van der Waals surface area (Å²) in [6.07, 6.45) is 7.44. The predicted molar refractivity (Wildman–Crippen MR) is 55.8 cm³/mol. The van der Waals surface area contributed by atoms with Crippen LogP contribution in [-0.2, 0) is 14.3 Å². The molecule has 1 aliphatic carbocycles. The molecule has 1 fully saturated rings. The molecule has 1 saturated carbocycles. The molecule has 0 heterocycles. The van der Waals surface area contributed by atoms with Crippen LogP contribution in [0.2, 0.25) is 0 Å². The van der Waals surface area contributed by atoms with Crippen LogP contribution in [0.1, 0.15) is 13.8 Å². The number of allylic oxidation sites excluding steroid dienone is 2. The minimum atomic E-state index is -0.247. The summed E-state index contributed by atoms with van der Waals surface area (Å²) >= 11 is 0. The maximum Gasteiger partial charge on any atom is 0.309 e. The highest BCUT2D eigenvalue weighted by Gasteiger charge is 2.61. The molecule has 0 bridgehead atoms. The molecule has 0 aromatic carbocycles. The van der Waals surface area contributed by atoms with Crippen molar-refractivity contribution in [3.63, 3.8) is 0 Å². The van der Waals surface area contributed by atoms with E-state index in [4.69, 9.17) is 6.42 Å². The number of carbonyl (C=O) groups is 2. The summed E-state index contributed by atoms with van der Waals surface area (Å²) in [5.74, 6) is 1.84. The van der Waals surface area contributed by atoms with Crippen molar-refractivity contribution in [1.82, 2.24) is 0 Å². The first-order chi connectivity index (χ1) is 6.98. The molecule has 1 rings (SSSR count). The first-order valence-corrected chi connectivity index (χ1v) is 4.70. The van der Waals surface area contributed by atoms with Crippen LogP contribution in [0.4, 0.5) is 0 Å². The fourth-order valence-electron chi connectivity index (χ4n) is 1.88. The zero-order chi connectivity index (χ0) is 11.6. The first kappa shape index (κ1) is 11.5. The van der Waals surface area contributed by atoms with Crippen molar-refractivity contribution in [3.05, 3.63) is 11.6 Å². The van der Waals surface area contributed by atoms with E-state index >= 15 is 0 Å². The van der Waals surface area contributed by atoms with Crippen molar-refractivity contribution in [2.24, 2.45) is 17.3 Å². The van der Waals surface area contributed by atoms with Crippen molar-refractivity contribution in [2.45, 2.75) is 13.8 Å². The topological polar surface area (TPSA) is 43.4 Å². The Hall–Kier alpha value is -1.56. The Morgan fingerprint density at radius 2 is 2.13 bits per heavy atom. The molecule has 0 amide bonds. The summed E-state index contributed by atoms with van der Waals surface area (Å²) in [5.41, 5.74) is 0.123. The minimum absolute atomic E-state index is 0.00111. The molecule has 0 N–H and O–H groups in total. The van der Waals surface area contributed by atoms with E-state index in [1.54, 1.807) is 6.08 Å². The van der Waals surface area contributed by atoms with E-state index in [-0.39, 0.29) is 23.2 Å². The maximum atomic E-state index is 11.4. The molecular weight excluding hydrogens is 192 g/mol. The highest BCUT2D eigenvalue weighted by Crippen LogP contribution is 2.59. The Balaban J connectivity index is 2.84. The van der Waals surface area contributed by atoms with Gasteiger partial charge < -0.3 is 4.74 Å². The van der Waals surface area contributed by atoms with E-state index in [0.717, 1.165) is 0 Å². The molecule has 0 aliphatic heterocycles. The molecular formula is C12H14O3. The lowest BCUT2D eigenvalue weighted by Gasteiger charge is -1.99. The molecule has 0 radical (unpaired) electrons. The third-order valence-electron chi connectivity index (χ3n) is 3.02. The standard InChI is InChI=1S/C12H14O3/c1-5-8(7-13)6-9-10(11(14)15-4)12(9,2)3/h1,6-7,9-10H,2-4H3. The Kier molecular flexibility index (Phi) is 2.99. The van der Waals surface area contributed by atoms with E-state index < -0.39 is 0 Å². The van der Waals surface area contributed by atoms with Crippen LogP contribution in [0.3, 0.4) is 0 Å². The van der Waals surface area contributed by atoms with Crippen LogP contribution >= 0.6 is 0 Å². The van der Waals surface area contributed by atoms with Gasteiger partial charge in [-0.15, -0.1) is 6.42 Å². The number of rotatable bonds is 3. The van der Waals surface area contributed by atoms with Crippen LogP contribution < -0.4 is 0 Å². The van der Waals surface area contributed by atoms with Crippen LogP contribution in [0, 0.1) is 29.6 Å². The van der Waals surface area contributed by atoms with Crippen molar-refractivity contribution in [1.29, 1.82) is 0 Å². The monoisotopic (exact) mass is 206 g/mol. The first-order valence-electron chi connectivity index (χ1n) is 4.70. The van der Waals surface area contributed by atoms with E-state index in [0.29, 0.717) is 11.9 Å². The normalized spacial score (nSPS) is 27.7. The van der Waals surface area contributed by atoms with Gasteiger partial charge in [0, 0.05) is 0 Å². The molecule has 2 unspecified atom stereocenters. The zero-order valence-electron chi connectivity index (χ0n) is 9.11. The zero-order valence-corrected chi connectivity index (χ0v) is 9.11. The molecule has 2 atom stereocenters. The SMILES string of the molecule is C#CC(C=O)=CC1C(C(=O)OC)C1(C)C. The summed E-state index contributed by atoms with van der Waals surface area (Å²) in [5, 5.41) is 0. The minimum Gasteiger partial charge on any atom is -0.469 e. The second-order valence-corrected chi connectivity index (χ2v) is 4.23. The van der Waals surface area contributed by atoms with Gasteiger partial charge in [0.15, 0.2) is 6.29 Å². The van der Waals surface area contributed by atoms with Gasteiger partial charge in [-0.3, -0.25) is 9.59 Å². The lowest BCUT2D eigenvalue weighted by molar-refractivity contribution is -0.143. The maximum absolute atomic E-state index is 11.4.